The standard InChI is InChI=1S/C13H26N2/c1-3-14-13-7-8-15(9-11(13)2)10-12-5-4-6-12/h11-14H,3-10H2,1-2H3. The Morgan fingerprint density at radius 2 is 2.07 bits per heavy atom. The molecule has 88 valence electrons. The fraction of sp³-hybridized carbons (Fsp3) is 1.00. The van der Waals surface area contributed by atoms with Gasteiger partial charge in [0.15, 0.2) is 0 Å². The lowest BCUT2D eigenvalue weighted by atomic mass is 9.84. The summed E-state index contributed by atoms with van der Waals surface area (Å²) in [6.45, 7) is 9.75. The fourth-order valence-corrected chi connectivity index (χ4v) is 3.00. The van der Waals surface area contributed by atoms with Crippen molar-refractivity contribution >= 4 is 0 Å². The highest BCUT2D eigenvalue weighted by molar-refractivity contribution is 4.84. The van der Waals surface area contributed by atoms with Crippen LogP contribution >= 0.6 is 0 Å². The van der Waals surface area contributed by atoms with Crippen LogP contribution in [0.5, 0.6) is 0 Å². The molecule has 2 atom stereocenters. The van der Waals surface area contributed by atoms with Gasteiger partial charge in [-0.05, 0) is 44.2 Å². The largest absolute Gasteiger partial charge is 0.314 e. The molecule has 0 amide bonds. The summed E-state index contributed by atoms with van der Waals surface area (Å²) >= 11 is 0. The molecule has 0 radical (unpaired) electrons. The second-order valence-electron chi connectivity index (χ2n) is 5.49. The van der Waals surface area contributed by atoms with Gasteiger partial charge in [-0.1, -0.05) is 20.3 Å². The monoisotopic (exact) mass is 210 g/mol. The van der Waals surface area contributed by atoms with E-state index in [1.165, 1.54) is 45.3 Å². The number of nitrogens with one attached hydrogen (secondary N) is 1. The lowest BCUT2D eigenvalue weighted by molar-refractivity contribution is 0.108. The van der Waals surface area contributed by atoms with Crippen LogP contribution in [0.1, 0.15) is 39.5 Å². The Bertz CT molecular complexity index is 189. The fourth-order valence-electron chi connectivity index (χ4n) is 3.00. The second kappa shape index (κ2) is 5.31. The van der Waals surface area contributed by atoms with E-state index in [1.54, 1.807) is 0 Å². The zero-order chi connectivity index (χ0) is 10.7. The topological polar surface area (TPSA) is 15.3 Å². The van der Waals surface area contributed by atoms with Crippen molar-refractivity contribution in [3.8, 4) is 0 Å². The average Bonchev–Trinajstić information content (AvgIpc) is 2.16. The van der Waals surface area contributed by atoms with Gasteiger partial charge < -0.3 is 10.2 Å². The first-order chi connectivity index (χ1) is 7.29. The van der Waals surface area contributed by atoms with Gasteiger partial charge in [0, 0.05) is 19.1 Å². The molecule has 15 heavy (non-hydrogen) atoms. The third kappa shape index (κ3) is 2.94. The van der Waals surface area contributed by atoms with E-state index in [1.807, 2.05) is 0 Å². The minimum Gasteiger partial charge on any atom is -0.314 e. The maximum absolute atomic E-state index is 3.61. The molecule has 0 aromatic heterocycles. The van der Waals surface area contributed by atoms with E-state index in [0.29, 0.717) is 0 Å². The zero-order valence-corrected chi connectivity index (χ0v) is 10.3. The third-order valence-electron chi connectivity index (χ3n) is 4.20. The van der Waals surface area contributed by atoms with Crippen LogP contribution in [-0.4, -0.2) is 37.1 Å². The SMILES string of the molecule is CCNC1CCN(CC2CCC2)CC1C. The number of nitrogens with zero attached hydrogens (tertiary/aromatic N) is 1. The molecule has 1 saturated carbocycles. The molecule has 1 saturated heterocycles. The Balaban J connectivity index is 1.72. The van der Waals surface area contributed by atoms with Crippen molar-refractivity contribution in [3.63, 3.8) is 0 Å². The van der Waals surface area contributed by atoms with E-state index >= 15 is 0 Å². The van der Waals surface area contributed by atoms with Crippen molar-refractivity contribution in [1.82, 2.24) is 10.2 Å². The Hall–Kier alpha value is -0.0800. The van der Waals surface area contributed by atoms with Gasteiger partial charge in [0.25, 0.3) is 0 Å². The van der Waals surface area contributed by atoms with Crippen LogP contribution < -0.4 is 5.32 Å². The normalized spacial score (nSPS) is 34.0. The molecule has 1 aliphatic heterocycles. The highest BCUT2D eigenvalue weighted by Gasteiger charge is 2.28. The summed E-state index contributed by atoms with van der Waals surface area (Å²) in [4.78, 5) is 2.70. The Labute approximate surface area is 94.4 Å². The van der Waals surface area contributed by atoms with Crippen LogP contribution in [0.15, 0.2) is 0 Å². The van der Waals surface area contributed by atoms with Gasteiger partial charge in [-0.3, -0.25) is 0 Å². The molecular weight excluding hydrogens is 184 g/mol. The Morgan fingerprint density at radius 1 is 1.27 bits per heavy atom. The van der Waals surface area contributed by atoms with Crippen LogP contribution in [0, 0.1) is 11.8 Å². The molecule has 0 spiro atoms. The van der Waals surface area contributed by atoms with Crippen LogP contribution in [0.4, 0.5) is 0 Å². The predicted molar refractivity (Wildman–Crippen MR) is 65.0 cm³/mol. The summed E-state index contributed by atoms with van der Waals surface area (Å²) in [6.07, 6.45) is 5.80. The van der Waals surface area contributed by atoms with Crippen LogP contribution in [0.2, 0.25) is 0 Å². The molecule has 2 rings (SSSR count). The maximum atomic E-state index is 3.61. The van der Waals surface area contributed by atoms with Gasteiger partial charge in [-0.2, -0.15) is 0 Å². The number of hydrogen-bond acceptors (Lipinski definition) is 2. The van der Waals surface area contributed by atoms with E-state index in [9.17, 15) is 0 Å². The molecule has 2 unspecified atom stereocenters. The van der Waals surface area contributed by atoms with Crippen LogP contribution in [0.3, 0.4) is 0 Å². The molecular formula is C13H26N2. The summed E-state index contributed by atoms with van der Waals surface area (Å²) in [5, 5.41) is 3.61. The molecule has 1 N–H and O–H groups in total. The minimum absolute atomic E-state index is 0.771. The highest BCUT2D eigenvalue weighted by Crippen LogP contribution is 2.28. The number of rotatable bonds is 4. The van der Waals surface area contributed by atoms with Crippen molar-refractivity contribution in [1.29, 1.82) is 0 Å². The summed E-state index contributed by atoms with van der Waals surface area (Å²) in [5.41, 5.74) is 0. The van der Waals surface area contributed by atoms with Gasteiger partial charge in [-0.25, -0.2) is 0 Å². The predicted octanol–water partition coefficient (Wildman–Crippen LogP) is 2.11. The van der Waals surface area contributed by atoms with Crippen molar-refractivity contribution in [2.75, 3.05) is 26.2 Å². The quantitative estimate of drug-likeness (QED) is 0.764. The van der Waals surface area contributed by atoms with Crippen molar-refractivity contribution < 1.29 is 0 Å². The van der Waals surface area contributed by atoms with Gasteiger partial charge >= 0.3 is 0 Å². The van der Waals surface area contributed by atoms with E-state index in [4.69, 9.17) is 0 Å². The van der Waals surface area contributed by atoms with E-state index in [0.717, 1.165) is 24.4 Å². The van der Waals surface area contributed by atoms with Crippen molar-refractivity contribution in [2.45, 2.75) is 45.6 Å². The lowest BCUT2D eigenvalue weighted by Gasteiger charge is -2.40. The van der Waals surface area contributed by atoms with E-state index in [2.05, 4.69) is 24.1 Å². The second-order valence-corrected chi connectivity index (χ2v) is 5.49. The number of likely N-dealkylation sites (tertiary alicyclic amines) is 1. The summed E-state index contributed by atoms with van der Waals surface area (Å²) in [5.74, 6) is 1.87. The maximum Gasteiger partial charge on any atom is 0.0117 e. The first kappa shape index (κ1) is 11.4. The van der Waals surface area contributed by atoms with E-state index < -0.39 is 0 Å². The first-order valence-electron chi connectivity index (χ1n) is 6.75. The van der Waals surface area contributed by atoms with Crippen molar-refractivity contribution in [2.24, 2.45) is 11.8 Å². The van der Waals surface area contributed by atoms with Gasteiger partial charge in [0.2, 0.25) is 0 Å². The molecule has 0 aromatic carbocycles. The van der Waals surface area contributed by atoms with Gasteiger partial charge in [0.05, 0.1) is 0 Å². The molecule has 1 heterocycles. The minimum atomic E-state index is 0.771. The highest BCUT2D eigenvalue weighted by atomic mass is 15.1. The number of piperidine rings is 1. The summed E-state index contributed by atoms with van der Waals surface area (Å²) in [7, 11) is 0. The molecule has 1 aliphatic carbocycles. The molecule has 0 bridgehead atoms. The summed E-state index contributed by atoms with van der Waals surface area (Å²) < 4.78 is 0. The van der Waals surface area contributed by atoms with Gasteiger partial charge in [-0.15, -0.1) is 0 Å². The smallest absolute Gasteiger partial charge is 0.0117 e. The summed E-state index contributed by atoms with van der Waals surface area (Å²) in [6, 6.07) is 0.771. The zero-order valence-electron chi connectivity index (χ0n) is 10.3. The average molecular weight is 210 g/mol. The molecule has 2 heteroatoms. The van der Waals surface area contributed by atoms with Crippen LogP contribution in [0.25, 0.3) is 0 Å². The van der Waals surface area contributed by atoms with Crippen LogP contribution in [-0.2, 0) is 0 Å². The van der Waals surface area contributed by atoms with Crippen molar-refractivity contribution in [3.05, 3.63) is 0 Å². The molecule has 2 aliphatic rings. The third-order valence-corrected chi connectivity index (χ3v) is 4.20. The first-order valence-corrected chi connectivity index (χ1v) is 6.75. The Kier molecular flexibility index (Phi) is 4.04. The lowest BCUT2D eigenvalue weighted by Crippen LogP contribution is -2.49. The molecule has 2 fully saturated rings. The Morgan fingerprint density at radius 3 is 2.60 bits per heavy atom. The molecule has 0 aromatic rings. The van der Waals surface area contributed by atoms with E-state index in [-0.39, 0.29) is 0 Å². The number of hydrogen-bond donors (Lipinski definition) is 1. The molecule has 2 nitrogen and oxygen atoms in total. The van der Waals surface area contributed by atoms with Gasteiger partial charge in [0.1, 0.15) is 0 Å².